The Hall–Kier alpha value is -1.71. The molecule has 0 spiro atoms. The lowest BCUT2D eigenvalue weighted by Crippen LogP contribution is -2.05. The molecule has 97 valence electrons. The smallest absolute Gasteiger partial charge is 0.340 e. The van der Waals surface area contributed by atoms with E-state index in [0.29, 0.717) is 27.0 Å². The molecule has 0 fully saturated rings. The van der Waals surface area contributed by atoms with Gasteiger partial charge in [0, 0.05) is 0 Å². The van der Waals surface area contributed by atoms with Crippen LogP contribution in [0.4, 0.5) is 11.4 Å². The first-order chi connectivity index (χ1) is 9.13. The van der Waals surface area contributed by atoms with E-state index in [9.17, 15) is 4.79 Å². The van der Waals surface area contributed by atoms with Crippen molar-refractivity contribution in [1.29, 1.82) is 0 Å². The lowest BCUT2D eigenvalue weighted by atomic mass is 10.1. The van der Waals surface area contributed by atoms with Crippen molar-refractivity contribution < 1.29 is 9.53 Å². The summed E-state index contributed by atoms with van der Waals surface area (Å²) in [5.74, 6) is -0.456. The molecule has 5 heteroatoms. The van der Waals surface area contributed by atoms with Gasteiger partial charge in [-0.2, -0.15) is 0 Å². The van der Waals surface area contributed by atoms with Crippen molar-refractivity contribution in [1.82, 2.24) is 5.32 Å². The topological polar surface area (TPSA) is 40.4 Å². The van der Waals surface area contributed by atoms with Gasteiger partial charge < -0.3 is 4.74 Å². The first kappa shape index (κ1) is 13.7. The van der Waals surface area contributed by atoms with Gasteiger partial charge in [0.1, 0.15) is 5.69 Å². The highest BCUT2D eigenvalue weighted by Crippen LogP contribution is 2.33. The van der Waals surface area contributed by atoms with Gasteiger partial charge in [-0.25, -0.2) is 10.1 Å². The molecule has 0 bridgehead atoms. The quantitative estimate of drug-likeness (QED) is 0.790. The van der Waals surface area contributed by atoms with Gasteiger partial charge in [0.15, 0.2) is 0 Å². The van der Waals surface area contributed by atoms with E-state index < -0.39 is 5.97 Å². The standard InChI is InChI=1S/C14H10Cl2NO2/c1-19-14(18)9-5-2-3-8-12(9)17-13-10(15)6-4-7-11(13)16/h2-8H,1H3. The van der Waals surface area contributed by atoms with Crippen LogP contribution < -0.4 is 5.32 Å². The fourth-order valence-corrected chi connectivity index (χ4v) is 2.05. The maximum atomic E-state index is 11.6. The molecule has 0 atom stereocenters. The maximum absolute atomic E-state index is 11.6. The predicted octanol–water partition coefficient (Wildman–Crippen LogP) is 4.35. The summed E-state index contributed by atoms with van der Waals surface area (Å²) in [4.78, 5) is 11.6. The van der Waals surface area contributed by atoms with Crippen molar-refractivity contribution in [2.24, 2.45) is 0 Å². The predicted molar refractivity (Wildman–Crippen MR) is 75.7 cm³/mol. The summed E-state index contributed by atoms with van der Waals surface area (Å²) in [6, 6.07) is 12.0. The van der Waals surface area contributed by atoms with Crippen molar-refractivity contribution >= 4 is 40.5 Å². The summed E-state index contributed by atoms with van der Waals surface area (Å²) < 4.78 is 4.71. The Bertz CT molecular complexity index is 594. The number of hydrogen-bond acceptors (Lipinski definition) is 2. The summed E-state index contributed by atoms with van der Waals surface area (Å²) in [5.41, 5.74) is 1.26. The van der Waals surface area contributed by atoms with Crippen molar-refractivity contribution in [3.05, 3.63) is 58.1 Å². The summed E-state index contributed by atoms with van der Waals surface area (Å²) in [7, 11) is 1.32. The van der Waals surface area contributed by atoms with Gasteiger partial charge in [0.25, 0.3) is 0 Å². The Morgan fingerprint density at radius 1 is 1.05 bits per heavy atom. The Morgan fingerprint density at radius 2 is 1.68 bits per heavy atom. The lowest BCUT2D eigenvalue weighted by molar-refractivity contribution is 0.0601. The molecular weight excluding hydrogens is 285 g/mol. The number of ether oxygens (including phenoxy) is 1. The van der Waals surface area contributed by atoms with Crippen LogP contribution in [0.5, 0.6) is 0 Å². The van der Waals surface area contributed by atoms with Gasteiger partial charge in [-0.3, -0.25) is 0 Å². The molecule has 0 aliphatic carbocycles. The van der Waals surface area contributed by atoms with Gasteiger partial charge in [0.2, 0.25) is 0 Å². The number of hydrogen-bond donors (Lipinski definition) is 0. The van der Waals surface area contributed by atoms with Crippen LogP contribution in [0.3, 0.4) is 0 Å². The van der Waals surface area contributed by atoms with E-state index >= 15 is 0 Å². The molecule has 0 aliphatic heterocycles. The second-order valence-electron chi connectivity index (χ2n) is 3.69. The number of esters is 1. The molecule has 0 aromatic heterocycles. The fourth-order valence-electron chi connectivity index (χ4n) is 1.57. The first-order valence-corrected chi connectivity index (χ1v) is 6.22. The molecule has 2 rings (SSSR count). The summed E-state index contributed by atoms with van der Waals surface area (Å²) >= 11 is 12.1. The number of methoxy groups -OCH3 is 1. The summed E-state index contributed by atoms with van der Waals surface area (Å²) in [6.45, 7) is 0. The van der Waals surface area contributed by atoms with Crippen LogP contribution in [0.15, 0.2) is 42.5 Å². The van der Waals surface area contributed by atoms with E-state index in [2.05, 4.69) is 5.32 Å². The van der Waals surface area contributed by atoms with Crippen molar-refractivity contribution in [2.45, 2.75) is 0 Å². The van der Waals surface area contributed by atoms with E-state index in [0.717, 1.165) is 0 Å². The summed E-state index contributed by atoms with van der Waals surface area (Å²) in [5, 5.41) is 5.19. The highest BCUT2D eigenvalue weighted by atomic mass is 35.5. The molecule has 0 amide bonds. The van der Waals surface area contributed by atoms with E-state index in [1.165, 1.54) is 7.11 Å². The monoisotopic (exact) mass is 294 g/mol. The molecule has 1 radical (unpaired) electrons. The third-order valence-corrected chi connectivity index (χ3v) is 3.09. The van der Waals surface area contributed by atoms with Crippen molar-refractivity contribution in [2.75, 3.05) is 7.11 Å². The molecule has 19 heavy (non-hydrogen) atoms. The molecule has 0 saturated heterocycles. The highest BCUT2D eigenvalue weighted by Gasteiger charge is 2.15. The largest absolute Gasteiger partial charge is 0.465 e. The molecule has 3 nitrogen and oxygen atoms in total. The Balaban J connectivity index is 2.42. The van der Waals surface area contributed by atoms with Gasteiger partial charge in [0.05, 0.1) is 28.4 Å². The number of nitrogens with zero attached hydrogens (tertiary/aromatic N) is 1. The van der Waals surface area contributed by atoms with Crippen LogP contribution in [-0.4, -0.2) is 13.1 Å². The molecule has 2 aromatic rings. The van der Waals surface area contributed by atoms with Crippen LogP contribution in [0.25, 0.3) is 0 Å². The minimum atomic E-state index is -0.456. The first-order valence-electron chi connectivity index (χ1n) is 5.46. The minimum absolute atomic E-state index is 0.362. The van der Waals surface area contributed by atoms with Crippen LogP contribution in [-0.2, 0) is 4.74 Å². The average Bonchev–Trinajstić information content (AvgIpc) is 2.42. The van der Waals surface area contributed by atoms with E-state index in [-0.39, 0.29) is 0 Å². The Morgan fingerprint density at radius 3 is 2.32 bits per heavy atom. The normalized spacial score (nSPS) is 10.1. The third kappa shape index (κ3) is 3.00. The Kier molecular flexibility index (Phi) is 4.30. The van der Waals surface area contributed by atoms with E-state index in [4.69, 9.17) is 27.9 Å². The molecular formula is C14H10Cl2NO2. The minimum Gasteiger partial charge on any atom is -0.465 e. The summed E-state index contributed by atoms with van der Waals surface area (Å²) in [6.07, 6.45) is 0. The lowest BCUT2D eigenvalue weighted by Gasteiger charge is -2.10. The zero-order valence-electron chi connectivity index (χ0n) is 10.1. The number of benzene rings is 2. The van der Waals surface area contributed by atoms with E-state index in [1.54, 1.807) is 42.5 Å². The molecule has 0 saturated carbocycles. The Labute approximate surface area is 121 Å². The molecule has 0 aliphatic rings. The van der Waals surface area contributed by atoms with Crippen molar-refractivity contribution in [3.63, 3.8) is 0 Å². The second-order valence-corrected chi connectivity index (χ2v) is 4.51. The zero-order valence-corrected chi connectivity index (χ0v) is 11.6. The van der Waals surface area contributed by atoms with Gasteiger partial charge >= 0.3 is 5.97 Å². The molecule has 2 aromatic carbocycles. The number of carbonyl (C=O) groups excluding carboxylic acids is 1. The molecule has 0 N–H and O–H groups in total. The van der Waals surface area contributed by atoms with Gasteiger partial charge in [-0.05, 0) is 24.3 Å². The van der Waals surface area contributed by atoms with Gasteiger partial charge in [-0.15, -0.1) is 0 Å². The van der Waals surface area contributed by atoms with E-state index in [1.807, 2.05) is 0 Å². The average molecular weight is 295 g/mol. The number of para-hydroxylation sites is 2. The van der Waals surface area contributed by atoms with Crippen molar-refractivity contribution in [3.8, 4) is 0 Å². The second kappa shape index (κ2) is 5.95. The van der Waals surface area contributed by atoms with Crippen LogP contribution in [0, 0.1) is 0 Å². The molecule has 0 heterocycles. The highest BCUT2D eigenvalue weighted by molar-refractivity contribution is 6.38. The van der Waals surface area contributed by atoms with Gasteiger partial charge in [-0.1, -0.05) is 41.4 Å². The van der Waals surface area contributed by atoms with Crippen LogP contribution in [0.2, 0.25) is 10.0 Å². The SMILES string of the molecule is COC(=O)c1ccccc1[N]c1c(Cl)cccc1Cl. The fraction of sp³-hybridized carbons (Fsp3) is 0.0714. The van der Waals surface area contributed by atoms with Crippen LogP contribution in [0.1, 0.15) is 10.4 Å². The maximum Gasteiger partial charge on any atom is 0.340 e. The number of carbonyl (C=O) groups is 1. The zero-order chi connectivity index (χ0) is 13.8. The number of rotatable bonds is 3. The number of halogens is 2. The third-order valence-electron chi connectivity index (χ3n) is 2.48. The van der Waals surface area contributed by atoms with Crippen LogP contribution >= 0.6 is 23.2 Å². The molecule has 0 unspecified atom stereocenters.